The number of nitrogens with zero attached hydrogens (tertiary/aromatic N) is 2. The molecule has 0 saturated carbocycles. The van der Waals surface area contributed by atoms with E-state index in [4.69, 9.17) is 0 Å². The maximum Gasteiger partial charge on any atom is 0.416 e. The lowest BCUT2D eigenvalue weighted by molar-refractivity contribution is -0.137. The molecule has 0 bridgehead atoms. The van der Waals surface area contributed by atoms with Crippen molar-refractivity contribution >= 4 is 11.3 Å². The van der Waals surface area contributed by atoms with E-state index in [-0.39, 0.29) is 5.82 Å². The van der Waals surface area contributed by atoms with Gasteiger partial charge in [0.2, 0.25) is 0 Å². The topological polar surface area (TPSA) is 25.8 Å². The first-order valence-electron chi connectivity index (χ1n) is 8.25. The third-order valence-electron chi connectivity index (χ3n) is 4.22. The van der Waals surface area contributed by atoms with Crippen molar-refractivity contribution < 1.29 is 17.6 Å². The van der Waals surface area contributed by atoms with E-state index in [0.29, 0.717) is 16.3 Å². The van der Waals surface area contributed by atoms with Crippen LogP contribution in [0, 0.1) is 5.82 Å². The average Bonchev–Trinajstić information content (AvgIpc) is 3.18. The lowest BCUT2D eigenvalue weighted by Gasteiger charge is -2.07. The molecule has 0 N–H and O–H groups in total. The van der Waals surface area contributed by atoms with Crippen molar-refractivity contribution in [3.8, 4) is 33.0 Å². The number of hydrogen-bond donors (Lipinski definition) is 0. The lowest BCUT2D eigenvalue weighted by atomic mass is 10.0. The maximum atomic E-state index is 13.2. The number of aromatic nitrogens is 2. The van der Waals surface area contributed by atoms with Gasteiger partial charge in [-0.3, -0.25) is 4.98 Å². The second-order valence-electron chi connectivity index (χ2n) is 6.04. The van der Waals surface area contributed by atoms with Gasteiger partial charge in [0.05, 0.1) is 11.3 Å². The molecule has 4 aromatic rings. The summed E-state index contributed by atoms with van der Waals surface area (Å²) < 4.78 is 51.4. The van der Waals surface area contributed by atoms with E-state index in [2.05, 4.69) is 9.97 Å². The summed E-state index contributed by atoms with van der Waals surface area (Å²) in [5, 5.41) is 2.47. The summed E-state index contributed by atoms with van der Waals surface area (Å²) in [5.74, 6) is -0.321. The quantitative estimate of drug-likeness (QED) is 0.358. The number of alkyl halides is 3. The normalized spacial score (nSPS) is 11.6. The van der Waals surface area contributed by atoms with Crippen molar-refractivity contribution in [2.24, 2.45) is 0 Å². The van der Waals surface area contributed by atoms with Crippen LogP contribution in [0.4, 0.5) is 17.6 Å². The van der Waals surface area contributed by atoms with Crippen LogP contribution in [0.2, 0.25) is 0 Å². The maximum absolute atomic E-state index is 13.2. The van der Waals surface area contributed by atoms with Crippen LogP contribution in [0.3, 0.4) is 0 Å². The van der Waals surface area contributed by atoms with Crippen LogP contribution in [-0.4, -0.2) is 9.97 Å². The molecule has 7 heteroatoms. The number of hydrogen-bond acceptors (Lipinski definition) is 3. The van der Waals surface area contributed by atoms with Crippen LogP contribution in [0.5, 0.6) is 0 Å². The zero-order valence-electron chi connectivity index (χ0n) is 14.2. The van der Waals surface area contributed by atoms with Crippen molar-refractivity contribution in [2.45, 2.75) is 6.18 Å². The van der Waals surface area contributed by atoms with Gasteiger partial charge in [0.1, 0.15) is 10.8 Å². The fraction of sp³-hybridized carbons (Fsp3) is 0.0476. The molecule has 0 radical (unpaired) electrons. The van der Waals surface area contributed by atoms with E-state index in [1.165, 1.54) is 35.6 Å². The number of benzene rings is 2. The molecule has 0 spiro atoms. The van der Waals surface area contributed by atoms with Gasteiger partial charge in [0.15, 0.2) is 0 Å². The molecule has 0 fully saturated rings. The highest BCUT2D eigenvalue weighted by Crippen LogP contribution is 2.36. The van der Waals surface area contributed by atoms with Gasteiger partial charge in [0.25, 0.3) is 0 Å². The number of rotatable bonds is 3. The fourth-order valence-corrected chi connectivity index (χ4v) is 3.66. The minimum atomic E-state index is -4.37. The van der Waals surface area contributed by atoms with Gasteiger partial charge in [-0.15, -0.1) is 11.3 Å². The van der Waals surface area contributed by atoms with Crippen LogP contribution in [0.25, 0.3) is 33.0 Å². The summed E-state index contributed by atoms with van der Waals surface area (Å²) in [7, 11) is 0. The minimum absolute atomic E-state index is 0.321. The van der Waals surface area contributed by atoms with E-state index in [1.807, 2.05) is 6.07 Å². The standard InChI is InChI=1S/C21H12F4N2S/c22-16-7-3-13(4-8-16)17-9-10-26-11-18(17)20-27-19(12-28-20)14-1-5-15(6-2-14)21(23,24)25/h1-12H. The minimum Gasteiger partial charge on any atom is -0.264 e. The monoisotopic (exact) mass is 400 g/mol. The largest absolute Gasteiger partial charge is 0.416 e. The molecular formula is C21H12F4N2S. The molecule has 0 aliphatic carbocycles. The van der Waals surface area contributed by atoms with Crippen LogP contribution in [0.1, 0.15) is 5.56 Å². The van der Waals surface area contributed by atoms with Crippen molar-refractivity contribution in [2.75, 3.05) is 0 Å². The van der Waals surface area contributed by atoms with Crippen LogP contribution < -0.4 is 0 Å². The molecule has 0 aliphatic heterocycles. The summed E-state index contributed by atoms with van der Waals surface area (Å²) in [4.78, 5) is 8.72. The number of thiazole rings is 1. The average molecular weight is 400 g/mol. The highest BCUT2D eigenvalue weighted by molar-refractivity contribution is 7.13. The molecule has 4 rings (SSSR count). The fourth-order valence-electron chi connectivity index (χ4n) is 2.81. The molecule has 140 valence electrons. The van der Waals surface area contributed by atoms with E-state index in [1.54, 1.807) is 29.9 Å². The number of halogens is 4. The Labute approximate surface area is 162 Å². The van der Waals surface area contributed by atoms with Gasteiger partial charge in [-0.25, -0.2) is 9.37 Å². The molecule has 2 nitrogen and oxygen atoms in total. The zero-order valence-corrected chi connectivity index (χ0v) is 15.1. The Morgan fingerprint density at radius 3 is 2.14 bits per heavy atom. The molecule has 0 unspecified atom stereocenters. The Bertz CT molecular complexity index is 1100. The van der Waals surface area contributed by atoms with E-state index >= 15 is 0 Å². The van der Waals surface area contributed by atoms with Crippen LogP contribution >= 0.6 is 11.3 Å². The molecule has 2 aromatic heterocycles. The molecule has 0 atom stereocenters. The Balaban J connectivity index is 1.70. The second kappa shape index (κ2) is 7.16. The molecular weight excluding hydrogens is 388 g/mol. The molecule has 0 aliphatic rings. The highest BCUT2D eigenvalue weighted by Gasteiger charge is 2.30. The van der Waals surface area contributed by atoms with Crippen LogP contribution in [-0.2, 0) is 6.18 Å². The van der Waals surface area contributed by atoms with E-state index in [9.17, 15) is 17.6 Å². The summed E-state index contributed by atoms with van der Waals surface area (Å²) in [6, 6.07) is 12.9. The SMILES string of the molecule is Fc1ccc(-c2ccncc2-c2nc(-c3ccc(C(F)(F)F)cc3)cs2)cc1. The molecule has 0 amide bonds. The third kappa shape index (κ3) is 3.66. The van der Waals surface area contributed by atoms with Crippen molar-refractivity contribution in [1.82, 2.24) is 9.97 Å². The predicted molar refractivity (Wildman–Crippen MR) is 101 cm³/mol. The van der Waals surface area contributed by atoms with Gasteiger partial charge in [0, 0.05) is 28.9 Å². The predicted octanol–water partition coefficient (Wildman–Crippen LogP) is 6.70. The summed E-state index contributed by atoms with van der Waals surface area (Å²) in [6.07, 6.45) is -1.05. The van der Waals surface area contributed by atoms with Crippen LogP contribution in [0.15, 0.2) is 72.4 Å². The Morgan fingerprint density at radius 1 is 0.786 bits per heavy atom. The van der Waals surface area contributed by atoms with Crippen molar-refractivity contribution in [3.63, 3.8) is 0 Å². The lowest BCUT2D eigenvalue weighted by Crippen LogP contribution is -2.03. The Hall–Kier alpha value is -3.06. The van der Waals surface area contributed by atoms with Gasteiger partial charge in [-0.05, 0) is 41.5 Å². The first-order valence-corrected chi connectivity index (χ1v) is 9.13. The van der Waals surface area contributed by atoms with Crippen molar-refractivity contribution in [1.29, 1.82) is 0 Å². The van der Waals surface area contributed by atoms with E-state index in [0.717, 1.165) is 28.8 Å². The molecule has 0 saturated heterocycles. The summed E-state index contributed by atoms with van der Waals surface area (Å²) in [6.45, 7) is 0. The Morgan fingerprint density at radius 2 is 1.46 bits per heavy atom. The third-order valence-corrected chi connectivity index (χ3v) is 5.09. The molecule has 2 aromatic carbocycles. The van der Waals surface area contributed by atoms with E-state index < -0.39 is 11.7 Å². The molecule has 28 heavy (non-hydrogen) atoms. The van der Waals surface area contributed by atoms with Gasteiger partial charge in [-0.2, -0.15) is 13.2 Å². The zero-order chi connectivity index (χ0) is 19.7. The van der Waals surface area contributed by atoms with Gasteiger partial charge >= 0.3 is 6.18 Å². The second-order valence-corrected chi connectivity index (χ2v) is 6.90. The Kier molecular flexibility index (Phi) is 4.68. The van der Waals surface area contributed by atoms with Gasteiger partial charge < -0.3 is 0 Å². The van der Waals surface area contributed by atoms with Crippen molar-refractivity contribution in [3.05, 3.63) is 83.8 Å². The highest BCUT2D eigenvalue weighted by atomic mass is 32.1. The smallest absolute Gasteiger partial charge is 0.264 e. The number of pyridine rings is 1. The summed E-state index contributed by atoms with van der Waals surface area (Å²) in [5.41, 5.74) is 2.94. The van der Waals surface area contributed by atoms with Gasteiger partial charge in [-0.1, -0.05) is 24.3 Å². The first kappa shape index (κ1) is 18.3. The molecule has 2 heterocycles. The first-order chi connectivity index (χ1) is 13.4. The summed E-state index contributed by atoms with van der Waals surface area (Å²) >= 11 is 1.37.